The van der Waals surface area contributed by atoms with Crippen molar-refractivity contribution in [1.29, 1.82) is 0 Å². The number of nitrogens with one attached hydrogen (secondary N) is 1. The van der Waals surface area contributed by atoms with Crippen LogP contribution in [-0.4, -0.2) is 40.6 Å². The van der Waals surface area contributed by atoms with E-state index in [1.54, 1.807) is 0 Å². The number of carbonyl (C=O) groups is 1. The molecule has 0 saturated heterocycles. The molecule has 1 amide bonds. The van der Waals surface area contributed by atoms with Gasteiger partial charge in [0.2, 0.25) is 5.91 Å². The van der Waals surface area contributed by atoms with E-state index in [4.69, 9.17) is 11.6 Å². The second kappa shape index (κ2) is 8.52. The first-order valence-corrected chi connectivity index (χ1v) is 7.93. The van der Waals surface area contributed by atoms with Crippen molar-refractivity contribution in [3.63, 3.8) is 0 Å². The van der Waals surface area contributed by atoms with Crippen LogP contribution in [0.4, 0.5) is 0 Å². The summed E-state index contributed by atoms with van der Waals surface area (Å²) >= 11 is 7.27. The second-order valence-corrected chi connectivity index (χ2v) is 6.04. The lowest BCUT2D eigenvalue weighted by atomic mass is 9.99. The molecule has 0 aromatic heterocycles. The van der Waals surface area contributed by atoms with Gasteiger partial charge in [-0.2, -0.15) is 0 Å². The summed E-state index contributed by atoms with van der Waals surface area (Å²) in [6.45, 7) is 1.27. The molecule has 3 N–H and O–H groups in total. The van der Waals surface area contributed by atoms with E-state index in [1.807, 2.05) is 31.2 Å². The topological polar surface area (TPSA) is 69.6 Å². The molecule has 0 saturated carbocycles. The third-order valence-corrected chi connectivity index (χ3v) is 4.36. The molecule has 1 aromatic carbocycles. The highest BCUT2D eigenvalue weighted by molar-refractivity contribution is 7.99. The highest BCUT2D eigenvalue weighted by atomic mass is 35.5. The summed E-state index contributed by atoms with van der Waals surface area (Å²) in [6.07, 6.45) is 0.480. The van der Waals surface area contributed by atoms with Crippen molar-refractivity contribution in [1.82, 2.24) is 5.32 Å². The summed E-state index contributed by atoms with van der Waals surface area (Å²) in [7, 11) is 0. The number of halogens is 1. The zero-order valence-electron chi connectivity index (χ0n) is 11.4. The van der Waals surface area contributed by atoms with Crippen molar-refractivity contribution in [2.24, 2.45) is 0 Å². The van der Waals surface area contributed by atoms with Gasteiger partial charge in [0.15, 0.2) is 0 Å². The van der Waals surface area contributed by atoms with Crippen LogP contribution in [0.25, 0.3) is 0 Å². The Labute approximate surface area is 128 Å². The Morgan fingerprint density at radius 2 is 1.90 bits per heavy atom. The zero-order valence-corrected chi connectivity index (χ0v) is 13.0. The number of carbonyl (C=O) groups excluding carboxylic acids is 1. The van der Waals surface area contributed by atoms with E-state index in [-0.39, 0.29) is 24.9 Å². The van der Waals surface area contributed by atoms with Crippen LogP contribution >= 0.6 is 23.4 Å². The standard InChI is InChI=1S/C14H20ClNO3S/c1-2-14(9-17,10-18)16-13(19)8-20-7-11-3-5-12(15)6-4-11/h3-6,17-18H,2,7-10H2,1H3,(H,16,19). The number of amides is 1. The summed E-state index contributed by atoms with van der Waals surface area (Å²) in [5.41, 5.74) is 0.177. The molecule has 0 aliphatic heterocycles. The Kier molecular flexibility index (Phi) is 7.37. The van der Waals surface area contributed by atoms with E-state index in [2.05, 4.69) is 5.32 Å². The van der Waals surface area contributed by atoms with Crippen molar-refractivity contribution in [3.05, 3.63) is 34.9 Å². The molecule has 0 bridgehead atoms. The lowest BCUT2D eigenvalue weighted by Gasteiger charge is -2.29. The monoisotopic (exact) mass is 317 g/mol. The maximum Gasteiger partial charge on any atom is 0.230 e. The minimum absolute atomic E-state index is 0.186. The molecular formula is C14H20ClNO3S. The molecule has 0 atom stereocenters. The average Bonchev–Trinajstić information content (AvgIpc) is 2.47. The summed E-state index contributed by atoms with van der Waals surface area (Å²) in [6, 6.07) is 7.48. The molecule has 4 nitrogen and oxygen atoms in total. The van der Waals surface area contributed by atoms with Crippen LogP contribution in [0, 0.1) is 0 Å². The first-order valence-electron chi connectivity index (χ1n) is 6.40. The van der Waals surface area contributed by atoms with Crippen molar-refractivity contribution in [3.8, 4) is 0 Å². The van der Waals surface area contributed by atoms with Crippen molar-refractivity contribution in [2.75, 3.05) is 19.0 Å². The fraction of sp³-hybridized carbons (Fsp3) is 0.500. The summed E-state index contributed by atoms with van der Waals surface area (Å²) in [5, 5.41) is 21.9. The van der Waals surface area contributed by atoms with Gasteiger partial charge in [0.25, 0.3) is 0 Å². The van der Waals surface area contributed by atoms with E-state index in [9.17, 15) is 15.0 Å². The number of rotatable bonds is 8. The Morgan fingerprint density at radius 1 is 1.30 bits per heavy atom. The van der Waals surface area contributed by atoms with Crippen molar-refractivity contribution >= 4 is 29.3 Å². The number of hydrogen-bond donors (Lipinski definition) is 3. The molecule has 20 heavy (non-hydrogen) atoms. The molecule has 1 aromatic rings. The quantitative estimate of drug-likeness (QED) is 0.684. The van der Waals surface area contributed by atoms with E-state index >= 15 is 0 Å². The van der Waals surface area contributed by atoms with Gasteiger partial charge in [0.05, 0.1) is 24.5 Å². The van der Waals surface area contributed by atoms with Gasteiger partial charge in [-0.15, -0.1) is 11.8 Å². The predicted molar refractivity (Wildman–Crippen MR) is 83.0 cm³/mol. The molecule has 0 spiro atoms. The summed E-state index contributed by atoms with van der Waals surface area (Å²) < 4.78 is 0. The van der Waals surface area contributed by atoms with Gasteiger partial charge in [0.1, 0.15) is 0 Å². The highest BCUT2D eigenvalue weighted by Gasteiger charge is 2.28. The van der Waals surface area contributed by atoms with E-state index in [0.717, 1.165) is 5.56 Å². The van der Waals surface area contributed by atoms with Gasteiger partial charge in [-0.1, -0.05) is 30.7 Å². The van der Waals surface area contributed by atoms with Crippen LogP contribution in [0.15, 0.2) is 24.3 Å². The largest absolute Gasteiger partial charge is 0.394 e. The Morgan fingerprint density at radius 3 is 2.40 bits per heavy atom. The first-order chi connectivity index (χ1) is 9.55. The molecule has 0 radical (unpaired) electrons. The molecule has 1 rings (SSSR count). The highest BCUT2D eigenvalue weighted by Crippen LogP contribution is 2.16. The molecule has 0 unspecified atom stereocenters. The fourth-order valence-corrected chi connectivity index (χ4v) is 2.53. The van der Waals surface area contributed by atoms with Crippen molar-refractivity contribution < 1.29 is 15.0 Å². The lowest BCUT2D eigenvalue weighted by Crippen LogP contribution is -2.54. The maximum atomic E-state index is 11.8. The molecule has 0 aliphatic rings. The first kappa shape index (κ1) is 17.3. The fourth-order valence-electron chi connectivity index (χ4n) is 1.62. The van der Waals surface area contributed by atoms with Gasteiger partial charge in [0, 0.05) is 10.8 Å². The van der Waals surface area contributed by atoms with Gasteiger partial charge in [-0.25, -0.2) is 0 Å². The van der Waals surface area contributed by atoms with Crippen molar-refractivity contribution in [2.45, 2.75) is 24.6 Å². The molecule has 112 valence electrons. The predicted octanol–water partition coefficient (Wildman–Crippen LogP) is 1.82. The second-order valence-electron chi connectivity index (χ2n) is 4.62. The lowest BCUT2D eigenvalue weighted by molar-refractivity contribution is -0.121. The molecular weight excluding hydrogens is 298 g/mol. The zero-order chi connectivity index (χ0) is 15.0. The van der Waals surface area contributed by atoms with Gasteiger partial charge >= 0.3 is 0 Å². The number of aliphatic hydroxyl groups is 2. The molecule has 0 heterocycles. The van der Waals surface area contributed by atoms with Crippen LogP contribution in [0.1, 0.15) is 18.9 Å². The summed E-state index contributed by atoms with van der Waals surface area (Å²) in [5.74, 6) is 0.806. The Hall–Kier alpha value is -0.750. The van der Waals surface area contributed by atoms with Crippen LogP contribution in [0.5, 0.6) is 0 Å². The van der Waals surface area contributed by atoms with Gasteiger partial charge < -0.3 is 15.5 Å². The average molecular weight is 318 g/mol. The minimum atomic E-state index is -0.919. The number of hydrogen-bond acceptors (Lipinski definition) is 4. The molecule has 0 fully saturated rings. The normalized spacial score (nSPS) is 11.4. The Bertz CT molecular complexity index is 413. The summed E-state index contributed by atoms with van der Waals surface area (Å²) in [4.78, 5) is 11.8. The third kappa shape index (κ3) is 5.32. The van der Waals surface area contributed by atoms with Gasteiger partial charge in [-0.3, -0.25) is 4.79 Å². The van der Waals surface area contributed by atoms with Crippen LogP contribution in [-0.2, 0) is 10.5 Å². The van der Waals surface area contributed by atoms with Crippen LogP contribution in [0.3, 0.4) is 0 Å². The van der Waals surface area contributed by atoms with Crippen LogP contribution in [0.2, 0.25) is 5.02 Å². The Balaban J connectivity index is 2.38. The van der Waals surface area contributed by atoms with Gasteiger partial charge in [-0.05, 0) is 24.1 Å². The number of thioether (sulfide) groups is 1. The van der Waals surface area contributed by atoms with E-state index < -0.39 is 5.54 Å². The van der Waals surface area contributed by atoms with Crippen LogP contribution < -0.4 is 5.32 Å². The molecule has 0 aliphatic carbocycles. The van der Waals surface area contributed by atoms with E-state index in [0.29, 0.717) is 17.2 Å². The minimum Gasteiger partial charge on any atom is -0.394 e. The SMILES string of the molecule is CCC(CO)(CO)NC(=O)CSCc1ccc(Cl)cc1. The smallest absolute Gasteiger partial charge is 0.230 e. The number of aliphatic hydroxyl groups excluding tert-OH is 2. The number of benzene rings is 1. The third-order valence-electron chi connectivity index (χ3n) is 3.10. The maximum absolute atomic E-state index is 11.8. The van der Waals surface area contributed by atoms with E-state index in [1.165, 1.54) is 11.8 Å². The molecule has 6 heteroatoms.